The number of rotatable bonds is 3. The second-order valence-corrected chi connectivity index (χ2v) is 16.4. The predicted molar refractivity (Wildman–Crippen MR) is 234 cm³/mol. The molecule has 1 heteroatoms. The lowest BCUT2D eigenvalue weighted by Gasteiger charge is -2.42. The molecule has 0 aromatic heterocycles. The summed E-state index contributed by atoms with van der Waals surface area (Å²) in [5, 5.41) is 7.73. The van der Waals surface area contributed by atoms with Gasteiger partial charge in [0.25, 0.3) is 0 Å². The average Bonchev–Trinajstić information content (AvgIpc) is 3.46. The molecular formula is C54H41N. The quantitative estimate of drug-likeness (QED) is 0.166. The maximum atomic E-state index is 2.53. The van der Waals surface area contributed by atoms with E-state index in [-0.39, 0.29) is 10.8 Å². The minimum Gasteiger partial charge on any atom is -0.310 e. The molecule has 9 aromatic rings. The standard InChI is InChI=1S/C54H41N/c1-53(2)44-27-15-14-26-42(44)52-37-21-9-8-20-36(37)43(33-47(52)53)51-40-24-12-10-22-38(40)50(39-23-11-13-25-41(39)51)34-30-31-49-46(32-34)54(3,4)45-28-16-17-29-48(45)55(49)35-18-6-5-7-19-35/h5-33H,1-4H3. The third-order valence-electron chi connectivity index (χ3n) is 12.8. The molecule has 2 aliphatic rings. The molecule has 0 bridgehead atoms. The van der Waals surface area contributed by atoms with Crippen molar-refractivity contribution in [2.24, 2.45) is 0 Å². The van der Waals surface area contributed by atoms with Crippen LogP contribution < -0.4 is 4.90 Å². The van der Waals surface area contributed by atoms with Crippen molar-refractivity contribution >= 4 is 49.4 Å². The molecule has 0 atom stereocenters. The number of fused-ring (bicyclic) bond motifs is 9. The number of nitrogens with zero attached hydrogens (tertiary/aromatic N) is 1. The van der Waals surface area contributed by atoms with Gasteiger partial charge in [0.2, 0.25) is 0 Å². The molecule has 1 nitrogen and oxygen atoms in total. The summed E-state index contributed by atoms with van der Waals surface area (Å²) in [7, 11) is 0. The smallest absolute Gasteiger partial charge is 0.0503 e. The Morgan fingerprint density at radius 2 is 0.818 bits per heavy atom. The monoisotopic (exact) mass is 703 g/mol. The van der Waals surface area contributed by atoms with Crippen LogP contribution in [0.1, 0.15) is 49.9 Å². The van der Waals surface area contributed by atoms with Gasteiger partial charge in [-0.05, 0) is 124 Å². The molecule has 1 aliphatic heterocycles. The Hall–Kier alpha value is -6.44. The molecule has 9 aromatic carbocycles. The zero-order valence-corrected chi connectivity index (χ0v) is 31.7. The van der Waals surface area contributed by atoms with Crippen LogP contribution >= 0.6 is 0 Å². The van der Waals surface area contributed by atoms with Crippen LogP contribution in [-0.2, 0) is 10.8 Å². The van der Waals surface area contributed by atoms with Gasteiger partial charge in [-0.25, -0.2) is 0 Å². The SMILES string of the molecule is CC1(C)c2ccccc2N(c2ccccc2)c2ccc(-c3c4ccccc4c(-c4cc5c(c6ccccc46)-c4ccccc4C5(C)C)c4ccccc34)cc21. The summed E-state index contributed by atoms with van der Waals surface area (Å²) in [5.74, 6) is 0. The Labute approximate surface area is 323 Å². The van der Waals surface area contributed by atoms with Gasteiger partial charge in [-0.15, -0.1) is 0 Å². The maximum Gasteiger partial charge on any atom is 0.0503 e. The van der Waals surface area contributed by atoms with E-state index < -0.39 is 0 Å². The lowest BCUT2D eigenvalue weighted by molar-refractivity contribution is 0.632. The lowest BCUT2D eigenvalue weighted by Crippen LogP contribution is -2.30. The molecule has 0 saturated carbocycles. The van der Waals surface area contributed by atoms with Gasteiger partial charge in [0.15, 0.2) is 0 Å². The Bertz CT molecular complexity index is 2980. The Morgan fingerprint density at radius 3 is 1.49 bits per heavy atom. The summed E-state index contributed by atoms with van der Waals surface area (Å²) in [6.07, 6.45) is 0. The van der Waals surface area contributed by atoms with Crippen LogP contribution in [0.3, 0.4) is 0 Å². The first kappa shape index (κ1) is 32.0. The Kier molecular flexibility index (Phi) is 6.72. The molecule has 1 aliphatic carbocycles. The number of hydrogen-bond donors (Lipinski definition) is 0. The van der Waals surface area contributed by atoms with E-state index in [0.29, 0.717) is 0 Å². The third-order valence-corrected chi connectivity index (χ3v) is 12.8. The molecule has 55 heavy (non-hydrogen) atoms. The van der Waals surface area contributed by atoms with Crippen molar-refractivity contribution in [3.05, 3.63) is 198 Å². The first-order chi connectivity index (χ1) is 26.8. The van der Waals surface area contributed by atoms with Crippen LogP contribution in [-0.4, -0.2) is 0 Å². The molecule has 0 fully saturated rings. The topological polar surface area (TPSA) is 3.24 Å². The average molecular weight is 704 g/mol. The molecule has 0 amide bonds. The molecule has 262 valence electrons. The highest BCUT2D eigenvalue weighted by atomic mass is 15.2. The molecule has 11 rings (SSSR count). The van der Waals surface area contributed by atoms with Gasteiger partial charge >= 0.3 is 0 Å². The molecule has 1 heterocycles. The van der Waals surface area contributed by atoms with Crippen LogP contribution in [0.5, 0.6) is 0 Å². The number of para-hydroxylation sites is 2. The highest BCUT2D eigenvalue weighted by Gasteiger charge is 2.39. The molecule has 0 spiro atoms. The van der Waals surface area contributed by atoms with Crippen LogP contribution in [0.4, 0.5) is 17.1 Å². The maximum absolute atomic E-state index is 2.53. The van der Waals surface area contributed by atoms with Gasteiger partial charge in [-0.3, -0.25) is 0 Å². The van der Waals surface area contributed by atoms with Crippen molar-refractivity contribution in [2.45, 2.75) is 38.5 Å². The van der Waals surface area contributed by atoms with Crippen molar-refractivity contribution < 1.29 is 0 Å². The third kappa shape index (κ3) is 4.41. The van der Waals surface area contributed by atoms with E-state index in [1.807, 2.05) is 0 Å². The van der Waals surface area contributed by atoms with Crippen molar-refractivity contribution in [1.29, 1.82) is 0 Å². The zero-order chi connectivity index (χ0) is 37.1. The Balaban J connectivity index is 1.20. The van der Waals surface area contributed by atoms with Gasteiger partial charge in [0, 0.05) is 16.5 Å². The highest BCUT2D eigenvalue weighted by Crippen LogP contribution is 2.56. The first-order valence-electron chi connectivity index (χ1n) is 19.5. The van der Waals surface area contributed by atoms with Gasteiger partial charge in [0.05, 0.1) is 11.4 Å². The fraction of sp³-hybridized carbons (Fsp3) is 0.111. The number of anilines is 3. The molecule has 0 unspecified atom stereocenters. The fourth-order valence-corrected chi connectivity index (χ4v) is 10.2. The van der Waals surface area contributed by atoms with Gasteiger partial charge < -0.3 is 4.90 Å². The van der Waals surface area contributed by atoms with Crippen LogP contribution in [0.2, 0.25) is 0 Å². The normalized spacial score (nSPS) is 14.8. The lowest BCUT2D eigenvalue weighted by atomic mass is 9.72. The van der Waals surface area contributed by atoms with E-state index >= 15 is 0 Å². The minimum atomic E-state index is -0.202. The van der Waals surface area contributed by atoms with Crippen molar-refractivity contribution in [3.63, 3.8) is 0 Å². The van der Waals surface area contributed by atoms with Crippen LogP contribution in [0.25, 0.3) is 65.7 Å². The molecular weight excluding hydrogens is 663 g/mol. The molecule has 0 N–H and O–H groups in total. The van der Waals surface area contributed by atoms with Crippen LogP contribution in [0.15, 0.2) is 176 Å². The number of hydrogen-bond acceptors (Lipinski definition) is 1. The van der Waals surface area contributed by atoms with E-state index in [0.717, 1.165) is 0 Å². The van der Waals surface area contributed by atoms with Crippen molar-refractivity contribution in [1.82, 2.24) is 0 Å². The summed E-state index contributed by atoms with van der Waals surface area (Å²) >= 11 is 0. The summed E-state index contributed by atoms with van der Waals surface area (Å²) in [6, 6.07) is 65.7. The van der Waals surface area contributed by atoms with E-state index in [1.165, 1.54) is 105 Å². The summed E-state index contributed by atoms with van der Waals surface area (Å²) in [4.78, 5) is 2.44. The zero-order valence-electron chi connectivity index (χ0n) is 31.7. The van der Waals surface area contributed by atoms with E-state index in [2.05, 4.69) is 209 Å². The second-order valence-electron chi connectivity index (χ2n) is 16.4. The summed E-state index contributed by atoms with van der Waals surface area (Å²) in [5.41, 5.74) is 16.7. The molecule has 0 saturated heterocycles. The largest absolute Gasteiger partial charge is 0.310 e. The minimum absolute atomic E-state index is 0.113. The van der Waals surface area contributed by atoms with E-state index in [4.69, 9.17) is 0 Å². The van der Waals surface area contributed by atoms with Crippen molar-refractivity contribution in [2.75, 3.05) is 4.90 Å². The summed E-state index contributed by atoms with van der Waals surface area (Å²) in [6.45, 7) is 9.55. The number of benzene rings is 9. The van der Waals surface area contributed by atoms with E-state index in [9.17, 15) is 0 Å². The predicted octanol–water partition coefficient (Wildman–Crippen LogP) is 14.9. The van der Waals surface area contributed by atoms with Gasteiger partial charge in [-0.1, -0.05) is 167 Å². The fourth-order valence-electron chi connectivity index (χ4n) is 10.2. The second kappa shape index (κ2) is 11.5. The van der Waals surface area contributed by atoms with Crippen LogP contribution in [0, 0.1) is 0 Å². The highest BCUT2D eigenvalue weighted by molar-refractivity contribution is 6.24. The first-order valence-corrected chi connectivity index (χ1v) is 19.5. The van der Waals surface area contributed by atoms with Crippen molar-refractivity contribution in [3.8, 4) is 33.4 Å². The molecule has 0 radical (unpaired) electrons. The van der Waals surface area contributed by atoms with Gasteiger partial charge in [0.1, 0.15) is 0 Å². The van der Waals surface area contributed by atoms with E-state index in [1.54, 1.807) is 0 Å². The van der Waals surface area contributed by atoms with Gasteiger partial charge in [-0.2, -0.15) is 0 Å². The Morgan fingerprint density at radius 1 is 0.327 bits per heavy atom. The summed E-state index contributed by atoms with van der Waals surface area (Å²) < 4.78 is 0.